The van der Waals surface area contributed by atoms with Gasteiger partial charge in [-0.2, -0.15) is 0 Å². The van der Waals surface area contributed by atoms with Crippen LogP contribution in [-0.4, -0.2) is 32.1 Å². The quantitative estimate of drug-likeness (QED) is 0.713. The molecule has 7 nitrogen and oxygen atoms in total. The summed E-state index contributed by atoms with van der Waals surface area (Å²) in [6.07, 6.45) is 0. The molecule has 3 N–H and O–H groups in total. The van der Waals surface area contributed by atoms with E-state index in [1.165, 1.54) is 7.11 Å². The second-order valence-corrected chi connectivity index (χ2v) is 5.34. The Kier molecular flexibility index (Phi) is 6.84. The molecule has 0 radical (unpaired) electrons. The molecule has 0 saturated heterocycles. The summed E-state index contributed by atoms with van der Waals surface area (Å²) in [6.45, 7) is 2.52. The summed E-state index contributed by atoms with van der Waals surface area (Å²) in [5.41, 5.74) is 6.35. The Morgan fingerprint density at radius 2 is 1.81 bits per heavy atom. The van der Waals surface area contributed by atoms with Crippen molar-refractivity contribution >= 4 is 11.8 Å². The molecule has 0 spiro atoms. The molecule has 0 atom stereocenters. The fraction of sp³-hybridized carbons (Fsp3) is 0.263. The molecule has 7 heteroatoms. The van der Waals surface area contributed by atoms with Crippen molar-refractivity contribution in [1.82, 2.24) is 5.32 Å². The molecule has 0 aliphatic rings. The van der Waals surface area contributed by atoms with Crippen LogP contribution in [0.15, 0.2) is 42.5 Å². The minimum absolute atomic E-state index is 0.268. The van der Waals surface area contributed by atoms with Crippen LogP contribution < -0.4 is 25.3 Å². The number of rotatable bonds is 9. The molecule has 0 heterocycles. The normalized spacial score (nSPS) is 10.1. The first-order chi connectivity index (χ1) is 12.5. The van der Waals surface area contributed by atoms with E-state index in [1.54, 1.807) is 18.2 Å². The maximum absolute atomic E-state index is 12.4. The van der Waals surface area contributed by atoms with Gasteiger partial charge in [0.1, 0.15) is 5.75 Å². The van der Waals surface area contributed by atoms with Crippen molar-refractivity contribution in [2.45, 2.75) is 13.5 Å². The highest BCUT2D eigenvalue weighted by molar-refractivity contribution is 5.94. The van der Waals surface area contributed by atoms with E-state index in [2.05, 4.69) is 5.32 Å². The molecule has 0 fully saturated rings. The Morgan fingerprint density at radius 3 is 2.50 bits per heavy atom. The molecule has 0 aliphatic heterocycles. The fourth-order valence-electron chi connectivity index (χ4n) is 2.30. The predicted octanol–water partition coefficient (Wildman–Crippen LogP) is 1.89. The van der Waals surface area contributed by atoms with E-state index in [0.717, 1.165) is 11.3 Å². The van der Waals surface area contributed by atoms with E-state index in [4.69, 9.17) is 19.9 Å². The first-order valence-corrected chi connectivity index (χ1v) is 8.13. The lowest BCUT2D eigenvalue weighted by Gasteiger charge is -2.13. The van der Waals surface area contributed by atoms with Crippen LogP contribution in [-0.2, 0) is 11.3 Å². The summed E-state index contributed by atoms with van der Waals surface area (Å²) in [4.78, 5) is 23.2. The second-order valence-electron chi connectivity index (χ2n) is 5.34. The van der Waals surface area contributed by atoms with E-state index in [9.17, 15) is 9.59 Å². The highest BCUT2D eigenvalue weighted by Crippen LogP contribution is 2.28. The number of hydrogen-bond acceptors (Lipinski definition) is 5. The number of nitrogens with two attached hydrogens (primary N) is 1. The van der Waals surface area contributed by atoms with Crippen molar-refractivity contribution in [2.24, 2.45) is 5.73 Å². The largest absolute Gasteiger partial charge is 0.494 e. The average Bonchev–Trinajstić information content (AvgIpc) is 2.65. The van der Waals surface area contributed by atoms with Gasteiger partial charge in [-0.15, -0.1) is 0 Å². The predicted molar refractivity (Wildman–Crippen MR) is 96.5 cm³/mol. The standard InChI is InChI=1S/C19H22N2O5/c1-3-25-15-7-5-4-6-14(15)11-21-19(23)13-8-9-16(17(10-13)24-2)26-12-18(20)22/h4-10H,3,11-12H2,1-2H3,(H2,20,22)(H,21,23). The van der Waals surface area contributed by atoms with E-state index < -0.39 is 5.91 Å². The maximum Gasteiger partial charge on any atom is 0.255 e. The van der Waals surface area contributed by atoms with Gasteiger partial charge in [0.2, 0.25) is 0 Å². The second kappa shape index (κ2) is 9.31. The van der Waals surface area contributed by atoms with Crippen LogP contribution in [0.3, 0.4) is 0 Å². The van der Waals surface area contributed by atoms with Crippen LogP contribution in [0.5, 0.6) is 17.2 Å². The van der Waals surface area contributed by atoms with E-state index in [0.29, 0.717) is 30.2 Å². The molecule has 2 rings (SSSR count). The zero-order valence-electron chi connectivity index (χ0n) is 14.8. The molecular formula is C19H22N2O5. The first-order valence-electron chi connectivity index (χ1n) is 8.13. The molecule has 2 aromatic rings. The van der Waals surface area contributed by atoms with Crippen molar-refractivity contribution < 1.29 is 23.8 Å². The minimum Gasteiger partial charge on any atom is -0.494 e. The van der Waals surface area contributed by atoms with Gasteiger partial charge in [-0.3, -0.25) is 9.59 Å². The van der Waals surface area contributed by atoms with E-state index in [-0.39, 0.29) is 12.5 Å². The molecule has 0 saturated carbocycles. The van der Waals surface area contributed by atoms with Gasteiger partial charge in [0.15, 0.2) is 18.1 Å². The van der Waals surface area contributed by atoms with E-state index in [1.807, 2.05) is 31.2 Å². The average molecular weight is 358 g/mol. The minimum atomic E-state index is -0.596. The third kappa shape index (κ3) is 5.14. The molecular weight excluding hydrogens is 336 g/mol. The lowest BCUT2D eigenvalue weighted by molar-refractivity contribution is -0.119. The lowest BCUT2D eigenvalue weighted by atomic mass is 10.1. The molecule has 0 aromatic heterocycles. The smallest absolute Gasteiger partial charge is 0.255 e. The van der Waals surface area contributed by atoms with E-state index >= 15 is 0 Å². The van der Waals surface area contributed by atoms with Gasteiger partial charge in [-0.1, -0.05) is 18.2 Å². The molecule has 0 aliphatic carbocycles. The van der Waals surface area contributed by atoms with Crippen molar-refractivity contribution in [3.05, 3.63) is 53.6 Å². The van der Waals surface area contributed by atoms with Gasteiger partial charge in [0.05, 0.1) is 13.7 Å². The highest BCUT2D eigenvalue weighted by atomic mass is 16.5. The number of para-hydroxylation sites is 1. The number of methoxy groups -OCH3 is 1. The number of hydrogen-bond donors (Lipinski definition) is 2. The van der Waals surface area contributed by atoms with Crippen LogP contribution in [0.2, 0.25) is 0 Å². The Bertz CT molecular complexity index is 776. The van der Waals surface area contributed by atoms with Crippen molar-refractivity contribution in [3.63, 3.8) is 0 Å². The van der Waals surface area contributed by atoms with Crippen LogP contribution in [0.25, 0.3) is 0 Å². The molecule has 2 amide bonds. The van der Waals surface area contributed by atoms with Gasteiger partial charge in [0.25, 0.3) is 11.8 Å². The Hall–Kier alpha value is -3.22. The monoisotopic (exact) mass is 358 g/mol. The SMILES string of the molecule is CCOc1ccccc1CNC(=O)c1ccc(OCC(N)=O)c(OC)c1. The third-order valence-corrected chi connectivity index (χ3v) is 3.51. The molecule has 26 heavy (non-hydrogen) atoms. The number of carbonyl (C=O) groups excluding carboxylic acids is 2. The topological polar surface area (TPSA) is 99.9 Å². The summed E-state index contributed by atoms with van der Waals surface area (Å²) >= 11 is 0. The zero-order valence-corrected chi connectivity index (χ0v) is 14.8. The summed E-state index contributed by atoms with van der Waals surface area (Å²) in [5, 5.41) is 2.85. The van der Waals surface area contributed by atoms with Crippen molar-refractivity contribution in [1.29, 1.82) is 0 Å². The third-order valence-electron chi connectivity index (χ3n) is 3.51. The number of carbonyl (C=O) groups is 2. The number of benzene rings is 2. The maximum atomic E-state index is 12.4. The summed E-state index contributed by atoms with van der Waals surface area (Å²) < 4.78 is 16.0. The molecule has 0 unspecified atom stereocenters. The fourth-order valence-corrected chi connectivity index (χ4v) is 2.30. The first kappa shape index (κ1) is 19.1. The van der Waals surface area contributed by atoms with Gasteiger partial charge >= 0.3 is 0 Å². The zero-order chi connectivity index (χ0) is 18.9. The van der Waals surface area contributed by atoms with Crippen LogP contribution in [0.1, 0.15) is 22.8 Å². The van der Waals surface area contributed by atoms with Crippen LogP contribution in [0.4, 0.5) is 0 Å². The molecule has 0 bridgehead atoms. The molecule has 138 valence electrons. The lowest BCUT2D eigenvalue weighted by Crippen LogP contribution is -2.23. The Labute approximate surface area is 152 Å². The number of primary amides is 1. The summed E-state index contributed by atoms with van der Waals surface area (Å²) in [5.74, 6) is 0.555. The van der Waals surface area contributed by atoms with Crippen LogP contribution >= 0.6 is 0 Å². The van der Waals surface area contributed by atoms with Gasteiger partial charge in [-0.05, 0) is 31.2 Å². The van der Waals surface area contributed by atoms with Gasteiger partial charge in [0, 0.05) is 17.7 Å². The van der Waals surface area contributed by atoms with Crippen LogP contribution in [0, 0.1) is 0 Å². The van der Waals surface area contributed by atoms with Gasteiger partial charge < -0.3 is 25.3 Å². The number of amides is 2. The van der Waals surface area contributed by atoms with Crippen molar-refractivity contribution in [3.8, 4) is 17.2 Å². The Morgan fingerprint density at radius 1 is 1.04 bits per heavy atom. The summed E-state index contributed by atoms with van der Waals surface area (Å²) in [6, 6.07) is 12.2. The number of nitrogens with one attached hydrogen (secondary N) is 1. The summed E-state index contributed by atoms with van der Waals surface area (Å²) in [7, 11) is 1.45. The molecule has 2 aromatic carbocycles. The number of ether oxygens (including phenoxy) is 3. The van der Waals surface area contributed by atoms with Crippen molar-refractivity contribution in [2.75, 3.05) is 20.3 Å². The Balaban J connectivity index is 2.06. The highest BCUT2D eigenvalue weighted by Gasteiger charge is 2.12. The van der Waals surface area contributed by atoms with Gasteiger partial charge in [-0.25, -0.2) is 0 Å².